The third-order valence-corrected chi connectivity index (χ3v) is 4.98. The van der Waals surface area contributed by atoms with Gasteiger partial charge in [0.25, 0.3) is 5.91 Å². The fourth-order valence-corrected chi connectivity index (χ4v) is 3.88. The van der Waals surface area contributed by atoms with Crippen molar-refractivity contribution >= 4 is 23.0 Å². The van der Waals surface area contributed by atoms with Gasteiger partial charge in [0.05, 0.1) is 17.9 Å². The van der Waals surface area contributed by atoms with E-state index >= 15 is 0 Å². The molecule has 1 aliphatic rings. The first kappa shape index (κ1) is 15.6. The van der Waals surface area contributed by atoms with Crippen molar-refractivity contribution in [2.75, 3.05) is 6.54 Å². The van der Waals surface area contributed by atoms with Crippen LogP contribution in [0.5, 0.6) is 0 Å². The van der Waals surface area contributed by atoms with E-state index in [-0.39, 0.29) is 11.3 Å². The number of Topliss-reactive ketones (excluding diaryl/α,β-unsaturated/α-hetero) is 1. The van der Waals surface area contributed by atoms with Gasteiger partial charge in [-0.3, -0.25) is 9.59 Å². The first-order valence-electron chi connectivity index (χ1n) is 7.42. The Bertz CT molecular complexity index is 772. The summed E-state index contributed by atoms with van der Waals surface area (Å²) in [6, 6.07) is 4.53. The van der Waals surface area contributed by atoms with Crippen LogP contribution in [0, 0.1) is 6.92 Å². The highest BCUT2D eigenvalue weighted by Crippen LogP contribution is 2.42. The second-order valence-electron chi connectivity index (χ2n) is 5.44. The summed E-state index contributed by atoms with van der Waals surface area (Å²) in [5.41, 5.74) is 1.09. The normalized spacial score (nSPS) is 18.1. The van der Waals surface area contributed by atoms with Crippen molar-refractivity contribution in [3.05, 3.63) is 57.4 Å². The van der Waals surface area contributed by atoms with Gasteiger partial charge in [-0.15, -0.1) is 11.3 Å². The number of ketones is 1. The molecule has 0 spiro atoms. The molecule has 1 atom stereocenters. The minimum absolute atomic E-state index is 0.101. The van der Waals surface area contributed by atoms with E-state index in [1.54, 1.807) is 11.0 Å². The highest BCUT2D eigenvalue weighted by atomic mass is 32.1. The standard InChI is InChI=1S/C17H17NO4S/c1-3-7-18-13(16-10(2)6-9-23-16)12(15(20)17(18)21)14(19)11-5-4-8-22-11/h4-6,8-9,13,20H,3,7H2,1-2H3. The highest BCUT2D eigenvalue weighted by Gasteiger charge is 2.44. The number of hydrogen-bond donors (Lipinski definition) is 1. The zero-order chi connectivity index (χ0) is 16.6. The molecule has 0 aliphatic carbocycles. The number of nitrogens with zero attached hydrogens (tertiary/aromatic N) is 1. The van der Waals surface area contributed by atoms with Crippen LogP contribution >= 0.6 is 11.3 Å². The van der Waals surface area contributed by atoms with Crippen LogP contribution in [0.15, 0.2) is 45.6 Å². The van der Waals surface area contributed by atoms with Crippen LogP contribution in [0.4, 0.5) is 0 Å². The molecule has 0 saturated carbocycles. The van der Waals surface area contributed by atoms with Gasteiger partial charge in [-0.1, -0.05) is 6.92 Å². The Balaban J connectivity index is 2.11. The number of carbonyl (C=O) groups excluding carboxylic acids is 2. The van der Waals surface area contributed by atoms with Gasteiger partial charge in [0.15, 0.2) is 11.5 Å². The van der Waals surface area contributed by atoms with E-state index in [0.29, 0.717) is 6.54 Å². The second-order valence-corrected chi connectivity index (χ2v) is 6.39. The first-order chi connectivity index (χ1) is 11.1. The van der Waals surface area contributed by atoms with Crippen LogP contribution in [0.2, 0.25) is 0 Å². The number of hydrogen-bond acceptors (Lipinski definition) is 5. The summed E-state index contributed by atoms with van der Waals surface area (Å²) >= 11 is 1.48. The molecule has 3 heterocycles. The summed E-state index contributed by atoms with van der Waals surface area (Å²) in [6.45, 7) is 4.36. The van der Waals surface area contributed by atoms with Crippen molar-refractivity contribution in [1.82, 2.24) is 4.90 Å². The molecule has 23 heavy (non-hydrogen) atoms. The van der Waals surface area contributed by atoms with Crippen molar-refractivity contribution in [2.24, 2.45) is 0 Å². The van der Waals surface area contributed by atoms with Crippen molar-refractivity contribution in [3.63, 3.8) is 0 Å². The zero-order valence-corrected chi connectivity index (χ0v) is 13.7. The van der Waals surface area contributed by atoms with Crippen molar-refractivity contribution in [3.8, 4) is 0 Å². The van der Waals surface area contributed by atoms with Gasteiger partial charge < -0.3 is 14.4 Å². The molecule has 1 N–H and O–H groups in total. The summed E-state index contributed by atoms with van der Waals surface area (Å²) in [5, 5.41) is 12.2. The minimum Gasteiger partial charge on any atom is -0.503 e. The van der Waals surface area contributed by atoms with Crippen molar-refractivity contribution in [1.29, 1.82) is 0 Å². The third-order valence-electron chi connectivity index (χ3n) is 3.91. The van der Waals surface area contributed by atoms with Crippen LogP contribution in [0.25, 0.3) is 0 Å². The Morgan fingerprint density at radius 1 is 1.43 bits per heavy atom. The smallest absolute Gasteiger partial charge is 0.290 e. The van der Waals surface area contributed by atoms with E-state index in [2.05, 4.69) is 0 Å². The largest absolute Gasteiger partial charge is 0.503 e. The van der Waals surface area contributed by atoms with Crippen LogP contribution in [0.1, 0.15) is 40.4 Å². The second kappa shape index (κ2) is 6.04. The molecule has 1 amide bonds. The van der Waals surface area contributed by atoms with Crippen LogP contribution in [0.3, 0.4) is 0 Å². The number of furan rings is 1. The maximum atomic E-state index is 12.7. The Morgan fingerprint density at radius 3 is 2.78 bits per heavy atom. The predicted octanol–water partition coefficient (Wildman–Crippen LogP) is 3.64. The Hall–Kier alpha value is -2.34. The van der Waals surface area contributed by atoms with Crippen LogP contribution < -0.4 is 0 Å². The summed E-state index contributed by atoms with van der Waals surface area (Å²) in [6.07, 6.45) is 2.14. The SMILES string of the molecule is CCCN1C(=O)C(O)=C(C(=O)c2ccco2)C1c1sccc1C. The molecule has 1 unspecified atom stereocenters. The number of aliphatic hydroxyl groups excluding tert-OH is 1. The van der Waals surface area contributed by atoms with Crippen LogP contribution in [-0.2, 0) is 4.79 Å². The topological polar surface area (TPSA) is 70.8 Å². The van der Waals surface area contributed by atoms with Gasteiger partial charge >= 0.3 is 0 Å². The van der Waals surface area contributed by atoms with E-state index in [9.17, 15) is 14.7 Å². The monoisotopic (exact) mass is 331 g/mol. The van der Waals surface area contributed by atoms with Crippen LogP contribution in [-0.4, -0.2) is 28.2 Å². The molecule has 0 fully saturated rings. The highest BCUT2D eigenvalue weighted by molar-refractivity contribution is 7.10. The predicted molar refractivity (Wildman–Crippen MR) is 86.5 cm³/mol. The lowest BCUT2D eigenvalue weighted by atomic mass is 9.98. The van der Waals surface area contributed by atoms with E-state index in [0.717, 1.165) is 16.9 Å². The summed E-state index contributed by atoms with van der Waals surface area (Å²) in [5.74, 6) is -1.30. The van der Waals surface area contributed by atoms with E-state index in [1.807, 2.05) is 25.3 Å². The lowest BCUT2D eigenvalue weighted by Crippen LogP contribution is -2.31. The Morgan fingerprint density at radius 2 is 2.22 bits per heavy atom. The maximum absolute atomic E-state index is 12.7. The maximum Gasteiger partial charge on any atom is 0.290 e. The number of thiophene rings is 1. The molecule has 0 aromatic carbocycles. The molecule has 3 rings (SSSR count). The van der Waals surface area contributed by atoms with Gasteiger partial charge in [-0.25, -0.2) is 0 Å². The molecule has 6 heteroatoms. The molecule has 0 bridgehead atoms. The summed E-state index contributed by atoms with van der Waals surface area (Å²) in [4.78, 5) is 27.6. The molecule has 120 valence electrons. The number of amides is 1. The van der Waals surface area contributed by atoms with Gasteiger partial charge in [0, 0.05) is 11.4 Å². The number of rotatable bonds is 5. The van der Waals surface area contributed by atoms with E-state index in [1.165, 1.54) is 23.7 Å². The quantitative estimate of drug-likeness (QED) is 0.849. The number of carbonyl (C=O) groups is 2. The number of aryl methyl sites for hydroxylation is 1. The van der Waals surface area contributed by atoms with Gasteiger partial charge in [0.2, 0.25) is 5.78 Å². The minimum atomic E-state index is -0.556. The molecular formula is C17H17NO4S. The Kier molecular flexibility index (Phi) is 4.09. The molecule has 2 aromatic rings. The third kappa shape index (κ3) is 2.49. The van der Waals surface area contributed by atoms with Crippen molar-refractivity contribution in [2.45, 2.75) is 26.3 Å². The average molecular weight is 331 g/mol. The zero-order valence-electron chi connectivity index (χ0n) is 12.9. The summed E-state index contributed by atoms with van der Waals surface area (Å²) < 4.78 is 5.16. The molecule has 0 saturated heterocycles. The number of aliphatic hydroxyl groups is 1. The van der Waals surface area contributed by atoms with Gasteiger partial charge in [-0.2, -0.15) is 0 Å². The Labute approximate surface area is 137 Å². The average Bonchev–Trinajstić information content (AvgIpc) is 3.24. The fourth-order valence-electron chi connectivity index (χ4n) is 2.83. The lowest BCUT2D eigenvalue weighted by Gasteiger charge is -2.25. The fraction of sp³-hybridized carbons (Fsp3) is 0.294. The van der Waals surface area contributed by atoms with Gasteiger partial charge in [0.1, 0.15) is 0 Å². The van der Waals surface area contributed by atoms with E-state index < -0.39 is 23.5 Å². The first-order valence-corrected chi connectivity index (χ1v) is 8.30. The van der Waals surface area contributed by atoms with E-state index in [4.69, 9.17) is 4.42 Å². The molecule has 5 nitrogen and oxygen atoms in total. The van der Waals surface area contributed by atoms with Gasteiger partial charge in [-0.05, 0) is 42.5 Å². The molecule has 1 aliphatic heterocycles. The molecular weight excluding hydrogens is 314 g/mol. The van der Waals surface area contributed by atoms with Crippen molar-refractivity contribution < 1.29 is 19.1 Å². The lowest BCUT2D eigenvalue weighted by molar-refractivity contribution is -0.129. The molecule has 2 aromatic heterocycles. The molecule has 0 radical (unpaired) electrons. The summed E-state index contributed by atoms with van der Waals surface area (Å²) in [7, 11) is 0.